The van der Waals surface area contributed by atoms with Crippen LogP contribution in [0.15, 0.2) is 0 Å². The van der Waals surface area contributed by atoms with Crippen molar-refractivity contribution in [1.29, 1.82) is 0 Å². The minimum Gasteiger partial charge on any atom is -0.295 e. The molecular weight excluding hydrogens is 170 g/mol. The number of nitrogens with zero attached hydrogens (tertiary/aromatic N) is 1. The maximum atomic E-state index is 2.74. The summed E-state index contributed by atoms with van der Waals surface area (Å²) in [7, 11) is 2.37. The van der Waals surface area contributed by atoms with Gasteiger partial charge >= 0.3 is 0 Å². The van der Waals surface area contributed by atoms with Crippen LogP contribution in [-0.4, -0.2) is 23.0 Å². The van der Waals surface area contributed by atoms with E-state index in [0.29, 0.717) is 0 Å². The zero-order valence-corrected chi connectivity index (χ0v) is 10.1. The third kappa shape index (κ3) is 1.60. The Morgan fingerprint density at radius 1 is 0.857 bits per heavy atom. The smallest absolute Gasteiger partial charge is 0.0213 e. The van der Waals surface area contributed by atoms with Crippen LogP contribution < -0.4 is 0 Å². The Labute approximate surface area is 88.9 Å². The van der Waals surface area contributed by atoms with Crippen molar-refractivity contribution in [2.45, 2.75) is 76.3 Å². The molecule has 1 aliphatic heterocycles. The quantitative estimate of drug-likeness (QED) is 0.571. The van der Waals surface area contributed by atoms with Gasteiger partial charge in [0, 0.05) is 11.1 Å². The monoisotopic (exact) mass is 195 g/mol. The molecule has 0 amide bonds. The molecule has 0 aromatic carbocycles. The third-order valence-corrected chi connectivity index (χ3v) is 4.36. The largest absolute Gasteiger partial charge is 0.295 e. The van der Waals surface area contributed by atoms with E-state index in [9.17, 15) is 0 Å². The molecule has 3 rings (SSSR count). The lowest BCUT2D eigenvalue weighted by Gasteiger charge is -2.41. The SMILES string of the molecule is CCC.CN1C2(CCCC13CC3)CC2. The zero-order valence-electron chi connectivity index (χ0n) is 10.1. The summed E-state index contributed by atoms with van der Waals surface area (Å²) in [6.45, 7) is 4.25. The second kappa shape index (κ2) is 3.52. The topological polar surface area (TPSA) is 3.24 Å². The highest BCUT2D eigenvalue weighted by molar-refractivity contribution is 5.16. The van der Waals surface area contributed by atoms with Crippen molar-refractivity contribution in [2.75, 3.05) is 7.05 Å². The Kier molecular flexibility index (Phi) is 2.63. The van der Waals surface area contributed by atoms with Crippen LogP contribution in [-0.2, 0) is 0 Å². The minimum absolute atomic E-state index is 0.717. The lowest BCUT2D eigenvalue weighted by Crippen LogP contribution is -2.47. The molecular formula is C13H25N. The molecule has 2 spiro atoms. The number of rotatable bonds is 0. The van der Waals surface area contributed by atoms with Crippen LogP contribution >= 0.6 is 0 Å². The molecule has 1 nitrogen and oxygen atoms in total. The first-order chi connectivity index (χ1) is 6.69. The Morgan fingerprint density at radius 3 is 1.50 bits per heavy atom. The van der Waals surface area contributed by atoms with Crippen LogP contribution in [0.2, 0.25) is 0 Å². The highest BCUT2D eigenvalue weighted by Gasteiger charge is 2.60. The van der Waals surface area contributed by atoms with E-state index >= 15 is 0 Å². The average molecular weight is 195 g/mol. The predicted molar refractivity (Wildman–Crippen MR) is 61.5 cm³/mol. The molecule has 0 aromatic rings. The van der Waals surface area contributed by atoms with Gasteiger partial charge in [0.25, 0.3) is 0 Å². The summed E-state index contributed by atoms with van der Waals surface area (Å²) in [5.74, 6) is 0. The predicted octanol–water partition coefficient (Wildman–Crippen LogP) is 3.58. The Morgan fingerprint density at radius 2 is 1.21 bits per heavy atom. The van der Waals surface area contributed by atoms with E-state index in [-0.39, 0.29) is 0 Å². The molecule has 0 bridgehead atoms. The molecule has 82 valence electrons. The van der Waals surface area contributed by atoms with E-state index in [4.69, 9.17) is 0 Å². The standard InChI is InChI=1S/C10H17N.C3H8/c1-11-9(5-6-9)3-2-4-10(11)7-8-10;1-3-2/h2-8H2,1H3;3H2,1-2H3. The molecule has 3 aliphatic rings. The van der Waals surface area contributed by atoms with Gasteiger partial charge in [0.2, 0.25) is 0 Å². The van der Waals surface area contributed by atoms with Gasteiger partial charge in [-0.2, -0.15) is 0 Å². The summed E-state index contributed by atoms with van der Waals surface area (Å²) in [6, 6.07) is 0. The normalized spacial score (nSPS) is 31.1. The van der Waals surface area contributed by atoms with E-state index in [0.717, 1.165) is 11.1 Å². The van der Waals surface area contributed by atoms with Gasteiger partial charge < -0.3 is 0 Å². The summed E-state index contributed by atoms with van der Waals surface area (Å²) in [4.78, 5) is 2.74. The fraction of sp³-hybridized carbons (Fsp3) is 1.00. The molecule has 0 radical (unpaired) electrons. The lowest BCUT2D eigenvalue weighted by molar-refractivity contribution is 0.0802. The maximum absolute atomic E-state index is 2.74. The van der Waals surface area contributed by atoms with Gasteiger partial charge in [0.15, 0.2) is 0 Å². The molecule has 0 N–H and O–H groups in total. The fourth-order valence-corrected chi connectivity index (χ4v) is 3.04. The Balaban J connectivity index is 0.000000226. The highest BCUT2D eigenvalue weighted by atomic mass is 15.3. The van der Waals surface area contributed by atoms with Crippen LogP contribution in [0.3, 0.4) is 0 Å². The van der Waals surface area contributed by atoms with Crippen molar-refractivity contribution in [3.8, 4) is 0 Å². The van der Waals surface area contributed by atoms with Crippen LogP contribution in [0, 0.1) is 0 Å². The number of hydrogen-bond acceptors (Lipinski definition) is 1. The third-order valence-electron chi connectivity index (χ3n) is 4.36. The van der Waals surface area contributed by atoms with Crippen molar-refractivity contribution in [2.24, 2.45) is 0 Å². The molecule has 1 heterocycles. The fourth-order valence-electron chi connectivity index (χ4n) is 3.04. The van der Waals surface area contributed by atoms with E-state index in [1.54, 1.807) is 0 Å². The molecule has 1 heteroatoms. The molecule has 2 aliphatic carbocycles. The van der Waals surface area contributed by atoms with Gasteiger partial charge in [-0.25, -0.2) is 0 Å². The lowest BCUT2D eigenvalue weighted by atomic mass is 9.92. The van der Waals surface area contributed by atoms with Crippen LogP contribution in [0.4, 0.5) is 0 Å². The van der Waals surface area contributed by atoms with Crippen molar-refractivity contribution in [3.05, 3.63) is 0 Å². The van der Waals surface area contributed by atoms with Gasteiger partial charge in [-0.15, -0.1) is 0 Å². The van der Waals surface area contributed by atoms with Crippen molar-refractivity contribution < 1.29 is 0 Å². The first kappa shape index (κ1) is 10.5. The van der Waals surface area contributed by atoms with Crippen LogP contribution in [0.25, 0.3) is 0 Å². The van der Waals surface area contributed by atoms with Crippen molar-refractivity contribution in [1.82, 2.24) is 4.90 Å². The van der Waals surface area contributed by atoms with E-state index in [1.165, 1.54) is 51.4 Å². The minimum atomic E-state index is 0.717. The summed E-state index contributed by atoms with van der Waals surface area (Å²) in [5.41, 5.74) is 1.43. The molecule has 3 fully saturated rings. The highest BCUT2D eigenvalue weighted by Crippen LogP contribution is 2.59. The summed E-state index contributed by atoms with van der Waals surface area (Å²) in [6.07, 6.45) is 11.7. The second-order valence-corrected chi connectivity index (χ2v) is 5.57. The van der Waals surface area contributed by atoms with Crippen molar-refractivity contribution in [3.63, 3.8) is 0 Å². The molecule has 2 saturated carbocycles. The van der Waals surface area contributed by atoms with Gasteiger partial charge in [-0.05, 0) is 52.0 Å². The molecule has 0 unspecified atom stereocenters. The van der Waals surface area contributed by atoms with Crippen LogP contribution in [0.5, 0.6) is 0 Å². The molecule has 1 saturated heterocycles. The molecule has 14 heavy (non-hydrogen) atoms. The van der Waals surface area contributed by atoms with E-state index in [1.807, 2.05) is 0 Å². The van der Waals surface area contributed by atoms with Crippen LogP contribution in [0.1, 0.15) is 65.2 Å². The van der Waals surface area contributed by atoms with E-state index < -0.39 is 0 Å². The summed E-state index contributed by atoms with van der Waals surface area (Å²) in [5, 5.41) is 0. The summed E-state index contributed by atoms with van der Waals surface area (Å²) >= 11 is 0. The molecule has 0 aromatic heterocycles. The van der Waals surface area contributed by atoms with Gasteiger partial charge in [0.1, 0.15) is 0 Å². The van der Waals surface area contributed by atoms with E-state index in [2.05, 4.69) is 25.8 Å². The van der Waals surface area contributed by atoms with Gasteiger partial charge in [0.05, 0.1) is 0 Å². The van der Waals surface area contributed by atoms with Crippen molar-refractivity contribution >= 4 is 0 Å². The number of piperidine rings is 1. The number of hydrogen-bond donors (Lipinski definition) is 0. The average Bonchev–Trinajstić information content (AvgIpc) is 3.01. The van der Waals surface area contributed by atoms with Gasteiger partial charge in [-0.1, -0.05) is 20.3 Å². The Hall–Kier alpha value is -0.0400. The first-order valence-electron chi connectivity index (χ1n) is 6.43. The zero-order chi connectivity index (χ0) is 10.2. The maximum Gasteiger partial charge on any atom is 0.0213 e. The number of likely N-dealkylation sites (tertiary alicyclic amines) is 1. The first-order valence-corrected chi connectivity index (χ1v) is 6.43. The molecule has 0 atom stereocenters. The summed E-state index contributed by atoms with van der Waals surface area (Å²) < 4.78 is 0. The Bertz CT molecular complexity index is 181. The van der Waals surface area contributed by atoms with Gasteiger partial charge in [-0.3, -0.25) is 4.90 Å². The second-order valence-electron chi connectivity index (χ2n) is 5.57.